The molecular formula is C31H28BBrN2O4. The summed E-state index contributed by atoms with van der Waals surface area (Å²) in [5.41, 5.74) is 5.25. The highest BCUT2D eigenvalue weighted by Gasteiger charge is 2.38. The molecule has 0 atom stereocenters. The second-order valence-electron chi connectivity index (χ2n) is 9.65. The summed E-state index contributed by atoms with van der Waals surface area (Å²) in [6.07, 6.45) is 1.01. The van der Waals surface area contributed by atoms with Crippen molar-refractivity contribution in [1.29, 1.82) is 0 Å². The fourth-order valence-corrected chi connectivity index (χ4v) is 5.29. The molecule has 39 heavy (non-hydrogen) atoms. The van der Waals surface area contributed by atoms with Crippen LogP contribution in [0.2, 0.25) is 6.82 Å². The molecule has 0 saturated carbocycles. The molecule has 4 N–H and O–H groups in total. The molecule has 0 radical (unpaired) electrons. The van der Waals surface area contributed by atoms with Crippen LogP contribution in [0.15, 0.2) is 72.8 Å². The zero-order valence-electron chi connectivity index (χ0n) is 21.6. The van der Waals surface area contributed by atoms with Gasteiger partial charge in [-0.05, 0) is 41.0 Å². The Hall–Kier alpha value is -4.04. The van der Waals surface area contributed by atoms with E-state index in [1.54, 1.807) is 12.1 Å². The number of benzene rings is 4. The number of aromatic hydroxyl groups is 2. The Morgan fingerprint density at radius 3 is 1.44 bits per heavy atom. The summed E-state index contributed by atoms with van der Waals surface area (Å²) in [5.74, 6) is -1.58. The molecule has 0 saturated heterocycles. The number of fused-ring (bicyclic) bond motifs is 2. The number of ketones is 2. The van der Waals surface area contributed by atoms with Crippen molar-refractivity contribution in [2.45, 2.75) is 31.6 Å². The van der Waals surface area contributed by atoms with Crippen molar-refractivity contribution in [3.05, 3.63) is 117 Å². The van der Waals surface area contributed by atoms with Gasteiger partial charge in [-0.15, -0.1) is 0 Å². The van der Waals surface area contributed by atoms with Crippen LogP contribution in [-0.4, -0.2) is 29.1 Å². The smallest absolute Gasteiger partial charge is 0.200 e. The van der Waals surface area contributed by atoms with Crippen molar-refractivity contribution in [1.82, 2.24) is 0 Å². The Labute approximate surface area is 236 Å². The maximum atomic E-state index is 13.8. The zero-order valence-corrected chi connectivity index (χ0v) is 23.1. The van der Waals surface area contributed by atoms with Gasteiger partial charge in [-0.25, -0.2) is 0 Å². The minimum atomic E-state index is -0.516. The van der Waals surface area contributed by atoms with Crippen molar-refractivity contribution in [3.63, 3.8) is 0 Å². The first-order valence-electron chi connectivity index (χ1n) is 12.9. The highest BCUT2D eigenvalue weighted by molar-refractivity contribution is 9.08. The van der Waals surface area contributed by atoms with Crippen LogP contribution in [-0.2, 0) is 24.7 Å². The third-order valence-electron chi connectivity index (χ3n) is 6.98. The molecule has 4 aromatic carbocycles. The third kappa shape index (κ3) is 5.29. The lowest BCUT2D eigenvalue weighted by Gasteiger charge is -2.24. The Morgan fingerprint density at radius 1 is 0.615 bits per heavy atom. The predicted molar refractivity (Wildman–Crippen MR) is 160 cm³/mol. The average Bonchev–Trinajstić information content (AvgIpc) is 2.95. The van der Waals surface area contributed by atoms with E-state index in [9.17, 15) is 19.8 Å². The zero-order chi connectivity index (χ0) is 27.5. The molecule has 0 fully saturated rings. The van der Waals surface area contributed by atoms with E-state index in [1.165, 1.54) is 17.7 Å². The summed E-state index contributed by atoms with van der Waals surface area (Å²) in [5, 5.41) is 28.6. The number of alkyl halides is 1. The van der Waals surface area contributed by atoms with E-state index in [0.717, 1.165) is 35.6 Å². The van der Waals surface area contributed by atoms with Crippen molar-refractivity contribution in [2.24, 2.45) is 0 Å². The Bertz CT molecular complexity index is 1550. The van der Waals surface area contributed by atoms with Crippen LogP contribution in [0.3, 0.4) is 0 Å². The molecule has 4 aromatic rings. The second kappa shape index (κ2) is 11.4. The lowest BCUT2D eigenvalue weighted by molar-refractivity contribution is 0.0975. The van der Waals surface area contributed by atoms with Gasteiger partial charge in [0.15, 0.2) is 0 Å². The SMILES string of the molecule is CBCc1ccc(CNc2ccc(O)c3c2C(=O)c2c(O)ccc(NCc4ccc(CBr)cc4)c2C3=O)cc1. The molecule has 0 spiro atoms. The largest absolute Gasteiger partial charge is 0.507 e. The van der Waals surface area contributed by atoms with E-state index in [-0.39, 0.29) is 33.8 Å². The van der Waals surface area contributed by atoms with Crippen LogP contribution in [0.1, 0.15) is 54.1 Å². The predicted octanol–water partition coefficient (Wildman–Crippen LogP) is 5.98. The van der Waals surface area contributed by atoms with E-state index in [2.05, 4.69) is 45.5 Å². The van der Waals surface area contributed by atoms with Gasteiger partial charge in [0, 0.05) is 29.8 Å². The van der Waals surface area contributed by atoms with E-state index in [1.807, 2.05) is 36.4 Å². The van der Waals surface area contributed by atoms with Crippen LogP contribution in [0, 0.1) is 0 Å². The number of phenols is 2. The van der Waals surface area contributed by atoms with Gasteiger partial charge in [0.2, 0.25) is 11.6 Å². The number of rotatable bonds is 9. The maximum absolute atomic E-state index is 13.8. The molecule has 1 aliphatic rings. The molecule has 8 heteroatoms. The van der Waals surface area contributed by atoms with Crippen LogP contribution in [0.25, 0.3) is 0 Å². The molecule has 0 bridgehead atoms. The van der Waals surface area contributed by atoms with Crippen LogP contribution >= 0.6 is 15.9 Å². The summed E-state index contributed by atoms with van der Waals surface area (Å²) < 4.78 is 0. The van der Waals surface area contributed by atoms with E-state index < -0.39 is 11.6 Å². The molecule has 0 aliphatic heterocycles. The summed E-state index contributed by atoms with van der Waals surface area (Å²) >= 11 is 3.44. The van der Waals surface area contributed by atoms with Gasteiger partial charge in [-0.1, -0.05) is 83.2 Å². The van der Waals surface area contributed by atoms with Gasteiger partial charge < -0.3 is 20.8 Å². The Kier molecular flexibility index (Phi) is 7.75. The summed E-state index contributed by atoms with van der Waals surface area (Å²) in [4.78, 5) is 27.5. The first-order valence-corrected chi connectivity index (χ1v) is 14.0. The first-order chi connectivity index (χ1) is 18.9. The molecule has 0 unspecified atom stereocenters. The van der Waals surface area contributed by atoms with Gasteiger partial charge in [0.25, 0.3) is 0 Å². The number of nitrogens with one attached hydrogen (secondary N) is 2. The minimum absolute atomic E-state index is 0.0588. The van der Waals surface area contributed by atoms with E-state index in [4.69, 9.17) is 0 Å². The van der Waals surface area contributed by atoms with Crippen molar-refractivity contribution in [2.75, 3.05) is 10.6 Å². The number of hydrogen-bond acceptors (Lipinski definition) is 6. The number of carbonyl (C=O) groups excluding carboxylic acids is 2. The third-order valence-corrected chi connectivity index (χ3v) is 7.63. The molecule has 0 amide bonds. The number of halogens is 1. The Morgan fingerprint density at radius 2 is 1.03 bits per heavy atom. The normalized spacial score (nSPS) is 12.1. The highest BCUT2D eigenvalue weighted by atomic mass is 79.9. The lowest BCUT2D eigenvalue weighted by atomic mass is 9.75. The molecule has 5 rings (SSSR count). The van der Waals surface area contributed by atoms with Crippen molar-refractivity contribution < 1.29 is 19.8 Å². The minimum Gasteiger partial charge on any atom is -0.507 e. The van der Waals surface area contributed by atoms with Crippen LogP contribution in [0.5, 0.6) is 11.5 Å². The topological polar surface area (TPSA) is 98.7 Å². The maximum Gasteiger partial charge on any atom is 0.200 e. The summed E-state index contributed by atoms with van der Waals surface area (Å²) in [7, 11) is 1.07. The molecule has 0 aromatic heterocycles. The summed E-state index contributed by atoms with van der Waals surface area (Å²) in [6, 6.07) is 22.2. The fraction of sp³-hybridized carbons (Fsp3) is 0.161. The highest BCUT2D eigenvalue weighted by Crippen LogP contribution is 2.42. The molecule has 196 valence electrons. The van der Waals surface area contributed by atoms with E-state index >= 15 is 0 Å². The number of phenolic OH excluding ortho intramolecular Hbond substituents is 2. The standard InChI is InChI=1S/C31H28BBrN2O4/c1-32-14-18-2-6-20(7-3-18)16-34-22-10-12-24(36)28-26(22)30(38)29-25(37)13-11-23(27(29)31(28)39)35-17-21-8-4-19(15-33)5-9-21/h2-13,32,34-37H,14-17H2,1H3. The molecule has 1 aliphatic carbocycles. The fourth-order valence-electron chi connectivity index (χ4n) is 4.91. The van der Waals surface area contributed by atoms with Crippen molar-refractivity contribution in [3.8, 4) is 11.5 Å². The summed E-state index contributed by atoms with van der Waals surface area (Å²) in [6.45, 7) is 2.98. The molecule has 6 nitrogen and oxygen atoms in total. The van der Waals surface area contributed by atoms with Crippen LogP contribution < -0.4 is 10.6 Å². The van der Waals surface area contributed by atoms with Gasteiger partial charge in [0.1, 0.15) is 18.8 Å². The van der Waals surface area contributed by atoms with Gasteiger partial charge in [0.05, 0.1) is 22.3 Å². The number of anilines is 2. The Balaban J connectivity index is 1.45. The molecular weight excluding hydrogens is 555 g/mol. The van der Waals surface area contributed by atoms with Crippen LogP contribution in [0.4, 0.5) is 11.4 Å². The van der Waals surface area contributed by atoms with Crippen molar-refractivity contribution >= 4 is 46.2 Å². The quantitative estimate of drug-likeness (QED) is 0.0970. The van der Waals surface area contributed by atoms with Gasteiger partial charge >= 0.3 is 0 Å². The van der Waals surface area contributed by atoms with Gasteiger partial charge in [-0.2, -0.15) is 0 Å². The molecule has 0 heterocycles. The van der Waals surface area contributed by atoms with E-state index in [0.29, 0.717) is 24.5 Å². The first kappa shape index (κ1) is 26.6. The number of hydrogen-bond donors (Lipinski definition) is 4. The second-order valence-corrected chi connectivity index (χ2v) is 10.2. The lowest BCUT2D eigenvalue weighted by Crippen LogP contribution is -2.24. The van der Waals surface area contributed by atoms with Gasteiger partial charge in [-0.3, -0.25) is 9.59 Å². The number of carbonyl (C=O) groups is 2. The average molecular weight is 583 g/mol. The monoisotopic (exact) mass is 582 g/mol.